The van der Waals surface area contributed by atoms with E-state index >= 15 is 0 Å². The van der Waals surface area contributed by atoms with Crippen LogP contribution < -0.4 is 10.6 Å². The SMILES string of the molecule is Cc1ccc(Nc2ccc(NC(=O)OC(C)(C)C)nn2)cc1C. The molecule has 23 heavy (non-hydrogen) atoms. The average molecular weight is 314 g/mol. The van der Waals surface area contributed by atoms with Crippen LogP contribution in [0.1, 0.15) is 31.9 Å². The summed E-state index contributed by atoms with van der Waals surface area (Å²) in [5.41, 5.74) is 2.82. The van der Waals surface area contributed by atoms with E-state index in [2.05, 4.69) is 34.7 Å². The number of anilines is 3. The molecule has 1 heterocycles. The van der Waals surface area contributed by atoms with E-state index in [1.165, 1.54) is 11.1 Å². The highest BCUT2D eigenvalue weighted by atomic mass is 16.6. The molecule has 6 heteroatoms. The molecule has 0 saturated carbocycles. The molecule has 0 aliphatic carbocycles. The second-order valence-electron chi connectivity index (χ2n) is 6.35. The molecular formula is C17H22N4O2. The third-order valence-electron chi connectivity index (χ3n) is 3.07. The lowest BCUT2D eigenvalue weighted by Crippen LogP contribution is -2.27. The number of ether oxygens (including phenoxy) is 1. The van der Waals surface area contributed by atoms with Crippen molar-refractivity contribution in [2.45, 2.75) is 40.2 Å². The Morgan fingerprint density at radius 1 is 1.00 bits per heavy atom. The van der Waals surface area contributed by atoms with Crippen LogP contribution in [0.3, 0.4) is 0 Å². The molecule has 2 aromatic rings. The first-order valence-electron chi connectivity index (χ1n) is 7.41. The minimum Gasteiger partial charge on any atom is -0.444 e. The van der Waals surface area contributed by atoms with Crippen molar-refractivity contribution in [3.8, 4) is 0 Å². The first kappa shape index (κ1) is 16.7. The molecule has 2 rings (SSSR count). The standard InChI is InChI=1S/C17H22N4O2/c1-11-6-7-13(10-12(11)2)18-14-8-9-15(21-20-14)19-16(22)23-17(3,4)5/h6-10H,1-5H3,(H,18,20)(H,19,21,22). The Hall–Kier alpha value is -2.63. The van der Waals surface area contributed by atoms with Crippen molar-refractivity contribution in [3.05, 3.63) is 41.5 Å². The molecule has 0 unspecified atom stereocenters. The molecule has 1 aromatic heterocycles. The fourth-order valence-electron chi connectivity index (χ4n) is 1.84. The molecule has 6 nitrogen and oxygen atoms in total. The van der Waals surface area contributed by atoms with Crippen LogP contribution >= 0.6 is 0 Å². The van der Waals surface area contributed by atoms with Gasteiger partial charge < -0.3 is 10.1 Å². The third-order valence-corrected chi connectivity index (χ3v) is 3.07. The number of amides is 1. The van der Waals surface area contributed by atoms with Gasteiger partial charge in [-0.05, 0) is 70.0 Å². The van der Waals surface area contributed by atoms with Gasteiger partial charge in [0.05, 0.1) is 0 Å². The summed E-state index contributed by atoms with van der Waals surface area (Å²) in [6.45, 7) is 9.52. The Labute approximate surface area is 136 Å². The van der Waals surface area contributed by atoms with Gasteiger partial charge >= 0.3 is 6.09 Å². The van der Waals surface area contributed by atoms with Crippen molar-refractivity contribution in [1.82, 2.24) is 10.2 Å². The number of hydrogen-bond acceptors (Lipinski definition) is 5. The lowest BCUT2D eigenvalue weighted by molar-refractivity contribution is 0.0635. The van der Waals surface area contributed by atoms with Crippen LogP contribution in [0, 0.1) is 13.8 Å². The number of aromatic nitrogens is 2. The second kappa shape index (κ2) is 6.64. The molecule has 0 radical (unpaired) electrons. The molecule has 0 atom stereocenters. The fourth-order valence-corrected chi connectivity index (χ4v) is 1.84. The Kier molecular flexibility index (Phi) is 4.83. The highest BCUT2D eigenvalue weighted by Crippen LogP contribution is 2.18. The van der Waals surface area contributed by atoms with E-state index in [0.717, 1.165) is 5.69 Å². The van der Waals surface area contributed by atoms with Crippen LogP contribution in [0.2, 0.25) is 0 Å². The number of rotatable bonds is 3. The zero-order valence-electron chi connectivity index (χ0n) is 14.1. The lowest BCUT2D eigenvalue weighted by Gasteiger charge is -2.19. The van der Waals surface area contributed by atoms with E-state index in [1.54, 1.807) is 32.9 Å². The molecule has 1 amide bonds. The summed E-state index contributed by atoms with van der Waals surface area (Å²) in [5, 5.41) is 13.7. The van der Waals surface area contributed by atoms with E-state index in [-0.39, 0.29) is 0 Å². The molecule has 2 N–H and O–H groups in total. The number of nitrogens with zero attached hydrogens (tertiary/aromatic N) is 2. The summed E-state index contributed by atoms with van der Waals surface area (Å²) < 4.78 is 5.16. The molecule has 0 aliphatic heterocycles. The minimum absolute atomic E-state index is 0.338. The fraction of sp³-hybridized carbons (Fsp3) is 0.353. The monoisotopic (exact) mass is 314 g/mol. The summed E-state index contributed by atoms with van der Waals surface area (Å²) in [5.74, 6) is 0.938. The van der Waals surface area contributed by atoms with Gasteiger partial charge in [0.1, 0.15) is 5.60 Å². The normalized spacial score (nSPS) is 11.0. The van der Waals surface area contributed by atoms with Crippen LogP contribution in [0.15, 0.2) is 30.3 Å². The molecule has 0 bridgehead atoms. The Morgan fingerprint density at radius 3 is 2.22 bits per heavy atom. The van der Waals surface area contributed by atoms with E-state index in [1.807, 2.05) is 18.2 Å². The van der Waals surface area contributed by atoms with E-state index in [0.29, 0.717) is 11.6 Å². The number of benzene rings is 1. The van der Waals surface area contributed by atoms with Crippen molar-refractivity contribution in [2.75, 3.05) is 10.6 Å². The number of nitrogens with one attached hydrogen (secondary N) is 2. The number of carbonyl (C=O) groups excluding carboxylic acids is 1. The van der Waals surface area contributed by atoms with Crippen molar-refractivity contribution >= 4 is 23.4 Å². The third kappa shape index (κ3) is 5.25. The van der Waals surface area contributed by atoms with Gasteiger partial charge in [0.25, 0.3) is 0 Å². The number of hydrogen-bond donors (Lipinski definition) is 2. The molecule has 1 aromatic carbocycles. The second-order valence-corrected chi connectivity index (χ2v) is 6.35. The summed E-state index contributed by atoms with van der Waals surface area (Å²) in [7, 11) is 0. The van der Waals surface area contributed by atoms with Gasteiger partial charge in [-0.1, -0.05) is 6.07 Å². The van der Waals surface area contributed by atoms with E-state index < -0.39 is 11.7 Å². The summed E-state index contributed by atoms with van der Waals surface area (Å²) in [4.78, 5) is 11.7. The first-order valence-corrected chi connectivity index (χ1v) is 7.41. The predicted molar refractivity (Wildman–Crippen MR) is 91.1 cm³/mol. The van der Waals surface area contributed by atoms with E-state index in [4.69, 9.17) is 4.74 Å². The maximum atomic E-state index is 11.7. The molecule has 0 spiro atoms. The summed E-state index contributed by atoms with van der Waals surface area (Å²) in [6.07, 6.45) is -0.554. The summed E-state index contributed by atoms with van der Waals surface area (Å²) in [6, 6.07) is 9.49. The van der Waals surface area contributed by atoms with Gasteiger partial charge in [0.15, 0.2) is 11.6 Å². The Morgan fingerprint density at radius 2 is 1.65 bits per heavy atom. The van der Waals surface area contributed by atoms with Gasteiger partial charge in [-0.25, -0.2) is 4.79 Å². The van der Waals surface area contributed by atoms with Gasteiger partial charge in [-0.3, -0.25) is 5.32 Å². The van der Waals surface area contributed by atoms with Gasteiger partial charge in [0.2, 0.25) is 0 Å². The van der Waals surface area contributed by atoms with Crippen LogP contribution in [0.4, 0.5) is 22.1 Å². The number of carbonyl (C=O) groups is 1. The highest BCUT2D eigenvalue weighted by molar-refractivity contribution is 5.83. The molecular weight excluding hydrogens is 292 g/mol. The quantitative estimate of drug-likeness (QED) is 0.888. The van der Waals surface area contributed by atoms with Crippen LogP contribution in [0.25, 0.3) is 0 Å². The summed E-state index contributed by atoms with van der Waals surface area (Å²) >= 11 is 0. The highest BCUT2D eigenvalue weighted by Gasteiger charge is 2.16. The minimum atomic E-state index is -0.554. The molecule has 122 valence electrons. The first-order chi connectivity index (χ1) is 10.7. The van der Waals surface area contributed by atoms with Crippen molar-refractivity contribution in [1.29, 1.82) is 0 Å². The topological polar surface area (TPSA) is 76.1 Å². The largest absolute Gasteiger partial charge is 0.444 e. The van der Waals surface area contributed by atoms with Gasteiger partial charge in [-0.15, -0.1) is 10.2 Å². The van der Waals surface area contributed by atoms with Crippen molar-refractivity contribution < 1.29 is 9.53 Å². The number of aryl methyl sites for hydroxylation is 2. The van der Waals surface area contributed by atoms with Gasteiger partial charge in [-0.2, -0.15) is 0 Å². The van der Waals surface area contributed by atoms with E-state index in [9.17, 15) is 4.79 Å². The van der Waals surface area contributed by atoms with Crippen molar-refractivity contribution in [3.63, 3.8) is 0 Å². The molecule has 0 aliphatic rings. The zero-order valence-corrected chi connectivity index (χ0v) is 14.1. The smallest absolute Gasteiger partial charge is 0.413 e. The van der Waals surface area contributed by atoms with Crippen LogP contribution in [0.5, 0.6) is 0 Å². The maximum absolute atomic E-state index is 11.7. The van der Waals surface area contributed by atoms with Crippen LogP contribution in [-0.4, -0.2) is 21.9 Å². The lowest BCUT2D eigenvalue weighted by atomic mass is 10.1. The van der Waals surface area contributed by atoms with Crippen LogP contribution in [-0.2, 0) is 4.74 Å². The Balaban J connectivity index is 1.99. The average Bonchev–Trinajstić information content (AvgIpc) is 2.43. The molecule has 0 saturated heterocycles. The Bertz CT molecular complexity index is 691. The predicted octanol–water partition coefficient (Wildman–Crippen LogP) is 4.18. The van der Waals surface area contributed by atoms with Crippen molar-refractivity contribution in [2.24, 2.45) is 0 Å². The molecule has 0 fully saturated rings. The zero-order chi connectivity index (χ0) is 17.0. The maximum Gasteiger partial charge on any atom is 0.413 e. The van der Waals surface area contributed by atoms with Gasteiger partial charge in [0, 0.05) is 5.69 Å².